The number of rotatable bonds is 7. The van der Waals surface area contributed by atoms with Crippen LogP contribution in [-0.4, -0.2) is 31.1 Å². The second-order valence-corrected chi connectivity index (χ2v) is 5.21. The van der Waals surface area contributed by atoms with Crippen molar-refractivity contribution >= 4 is 23.2 Å². The zero-order valence-electron chi connectivity index (χ0n) is 11.3. The van der Waals surface area contributed by atoms with Gasteiger partial charge in [-0.3, -0.25) is 0 Å². The summed E-state index contributed by atoms with van der Waals surface area (Å²) in [5, 5.41) is 4.90. The highest BCUT2D eigenvalue weighted by molar-refractivity contribution is 6.35. The summed E-state index contributed by atoms with van der Waals surface area (Å²) in [6.45, 7) is 10.7. The van der Waals surface area contributed by atoms with Gasteiger partial charge in [0, 0.05) is 29.2 Å². The lowest BCUT2D eigenvalue weighted by atomic mass is 10.1. The van der Waals surface area contributed by atoms with Gasteiger partial charge < -0.3 is 10.2 Å². The van der Waals surface area contributed by atoms with Crippen molar-refractivity contribution in [1.29, 1.82) is 0 Å². The summed E-state index contributed by atoms with van der Waals surface area (Å²) in [6.07, 6.45) is 0. The van der Waals surface area contributed by atoms with Gasteiger partial charge in [-0.2, -0.15) is 0 Å². The van der Waals surface area contributed by atoms with Crippen LogP contribution in [0.2, 0.25) is 10.0 Å². The summed E-state index contributed by atoms with van der Waals surface area (Å²) in [4.78, 5) is 2.39. The molecule has 0 aliphatic rings. The molecule has 0 aromatic heterocycles. The molecule has 18 heavy (non-hydrogen) atoms. The van der Waals surface area contributed by atoms with Crippen LogP contribution in [0.1, 0.15) is 32.4 Å². The van der Waals surface area contributed by atoms with Crippen molar-refractivity contribution in [2.24, 2.45) is 0 Å². The maximum atomic E-state index is 6.19. The largest absolute Gasteiger partial charge is 0.309 e. The molecule has 0 heterocycles. The average Bonchev–Trinajstić information content (AvgIpc) is 2.34. The molecule has 0 aliphatic carbocycles. The van der Waals surface area contributed by atoms with E-state index in [1.165, 1.54) is 0 Å². The molecular weight excluding hydrogens is 267 g/mol. The Balaban J connectivity index is 2.47. The molecule has 1 atom stereocenters. The van der Waals surface area contributed by atoms with Crippen LogP contribution in [0.5, 0.6) is 0 Å². The number of hydrogen-bond donors (Lipinski definition) is 1. The van der Waals surface area contributed by atoms with E-state index in [4.69, 9.17) is 23.2 Å². The van der Waals surface area contributed by atoms with Gasteiger partial charge in [-0.05, 0) is 37.7 Å². The van der Waals surface area contributed by atoms with Gasteiger partial charge in [0.2, 0.25) is 0 Å². The highest BCUT2D eigenvalue weighted by Crippen LogP contribution is 2.25. The first-order chi connectivity index (χ1) is 8.58. The van der Waals surface area contributed by atoms with Crippen LogP contribution in [-0.2, 0) is 0 Å². The van der Waals surface area contributed by atoms with E-state index < -0.39 is 0 Å². The van der Waals surface area contributed by atoms with Crippen LogP contribution in [0, 0.1) is 0 Å². The second kappa shape index (κ2) is 8.00. The molecule has 102 valence electrons. The lowest BCUT2D eigenvalue weighted by molar-refractivity contribution is 0.298. The molecule has 0 radical (unpaired) electrons. The normalized spacial score (nSPS) is 13.0. The fourth-order valence-electron chi connectivity index (χ4n) is 1.94. The quantitative estimate of drug-likeness (QED) is 0.816. The van der Waals surface area contributed by atoms with E-state index in [1.54, 1.807) is 6.07 Å². The molecule has 0 spiro atoms. The molecule has 0 saturated carbocycles. The Morgan fingerprint density at radius 1 is 1.22 bits per heavy atom. The summed E-state index contributed by atoms with van der Waals surface area (Å²) in [6, 6.07) is 5.90. The van der Waals surface area contributed by atoms with Crippen LogP contribution in [0.4, 0.5) is 0 Å². The first kappa shape index (κ1) is 15.8. The van der Waals surface area contributed by atoms with Crippen molar-refractivity contribution in [2.45, 2.75) is 26.8 Å². The van der Waals surface area contributed by atoms with Gasteiger partial charge in [0.1, 0.15) is 0 Å². The Labute approximate surface area is 120 Å². The Morgan fingerprint density at radius 2 is 1.89 bits per heavy atom. The molecule has 2 nitrogen and oxygen atoms in total. The lowest BCUT2D eigenvalue weighted by Gasteiger charge is -2.21. The SMILES string of the molecule is CCN(CC)CCNC(C)c1ccc(Cl)cc1Cl. The molecule has 1 aromatic carbocycles. The Bertz CT molecular complexity index is 365. The minimum atomic E-state index is 0.241. The highest BCUT2D eigenvalue weighted by atomic mass is 35.5. The van der Waals surface area contributed by atoms with Gasteiger partial charge in [-0.25, -0.2) is 0 Å². The third-order valence-electron chi connectivity index (χ3n) is 3.20. The first-order valence-corrected chi connectivity index (χ1v) is 7.24. The van der Waals surface area contributed by atoms with Gasteiger partial charge in [-0.15, -0.1) is 0 Å². The molecule has 0 amide bonds. The zero-order chi connectivity index (χ0) is 13.5. The number of likely N-dealkylation sites (N-methyl/N-ethyl adjacent to an activating group) is 1. The number of hydrogen-bond acceptors (Lipinski definition) is 2. The van der Waals surface area contributed by atoms with E-state index in [-0.39, 0.29) is 6.04 Å². The molecule has 0 aliphatic heterocycles. The Morgan fingerprint density at radius 3 is 2.44 bits per heavy atom. The number of benzene rings is 1. The Kier molecular flexibility index (Phi) is 7.02. The van der Waals surface area contributed by atoms with Crippen molar-refractivity contribution in [3.05, 3.63) is 33.8 Å². The van der Waals surface area contributed by atoms with E-state index in [2.05, 4.69) is 31.0 Å². The fourth-order valence-corrected chi connectivity index (χ4v) is 2.51. The summed E-state index contributed by atoms with van der Waals surface area (Å²) >= 11 is 12.1. The van der Waals surface area contributed by atoms with E-state index in [9.17, 15) is 0 Å². The zero-order valence-corrected chi connectivity index (χ0v) is 12.9. The highest BCUT2D eigenvalue weighted by Gasteiger charge is 2.09. The molecule has 0 fully saturated rings. The van der Waals surface area contributed by atoms with E-state index in [0.717, 1.165) is 36.8 Å². The molecular formula is C14H22Cl2N2. The molecule has 1 rings (SSSR count). The molecule has 1 unspecified atom stereocenters. The van der Waals surface area contributed by atoms with Crippen LogP contribution in [0.3, 0.4) is 0 Å². The first-order valence-electron chi connectivity index (χ1n) is 6.49. The van der Waals surface area contributed by atoms with Crippen molar-refractivity contribution in [3.8, 4) is 0 Å². The molecule has 1 N–H and O–H groups in total. The number of halogens is 2. The summed E-state index contributed by atoms with van der Waals surface area (Å²) in [5.41, 5.74) is 1.10. The van der Waals surface area contributed by atoms with Crippen molar-refractivity contribution in [1.82, 2.24) is 10.2 Å². The third-order valence-corrected chi connectivity index (χ3v) is 3.76. The molecule has 0 saturated heterocycles. The van der Waals surface area contributed by atoms with Crippen molar-refractivity contribution < 1.29 is 0 Å². The van der Waals surface area contributed by atoms with Gasteiger partial charge >= 0.3 is 0 Å². The average molecular weight is 289 g/mol. The van der Waals surface area contributed by atoms with E-state index >= 15 is 0 Å². The standard InChI is InChI=1S/C14H22Cl2N2/c1-4-18(5-2)9-8-17-11(3)13-7-6-12(15)10-14(13)16/h6-7,10-11,17H,4-5,8-9H2,1-3H3. The van der Waals surface area contributed by atoms with Gasteiger partial charge in [0.25, 0.3) is 0 Å². The second-order valence-electron chi connectivity index (χ2n) is 4.37. The fraction of sp³-hybridized carbons (Fsp3) is 0.571. The third kappa shape index (κ3) is 4.77. The summed E-state index contributed by atoms with van der Waals surface area (Å²) < 4.78 is 0. The van der Waals surface area contributed by atoms with Crippen molar-refractivity contribution in [3.63, 3.8) is 0 Å². The lowest BCUT2D eigenvalue weighted by Crippen LogP contribution is -2.33. The summed E-state index contributed by atoms with van der Waals surface area (Å²) in [7, 11) is 0. The minimum absolute atomic E-state index is 0.241. The van der Waals surface area contributed by atoms with Crippen LogP contribution in [0.25, 0.3) is 0 Å². The predicted molar refractivity (Wildman–Crippen MR) is 80.7 cm³/mol. The van der Waals surface area contributed by atoms with Crippen LogP contribution >= 0.6 is 23.2 Å². The topological polar surface area (TPSA) is 15.3 Å². The van der Waals surface area contributed by atoms with Crippen LogP contribution in [0.15, 0.2) is 18.2 Å². The van der Waals surface area contributed by atoms with E-state index in [0.29, 0.717) is 5.02 Å². The minimum Gasteiger partial charge on any atom is -0.309 e. The molecule has 1 aromatic rings. The summed E-state index contributed by atoms with van der Waals surface area (Å²) in [5.74, 6) is 0. The van der Waals surface area contributed by atoms with E-state index in [1.807, 2.05) is 12.1 Å². The maximum absolute atomic E-state index is 6.19. The number of nitrogens with zero attached hydrogens (tertiary/aromatic N) is 1. The van der Waals surface area contributed by atoms with Crippen molar-refractivity contribution in [2.75, 3.05) is 26.2 Å². The van der Waals surface area contributed by atoms with Crippen LogP contribution < -0.4 is 5.32 Å². The smallest absolute Gasteiger partial charge is 0.0468 e. The predicted octanol–water partition coefficient (Wildman–Crippen LogP) is 3.99. The van der Waals surface area contributed by atoms with Gasteiger partial charge in [0.05, 0.1) is 0 Å². The molecule has 4 heteroatoms. The molecule has 0 bridgehead atoms. The monoisotopic (exact) mass is 288 g/mol. The number of nitrogens with one attached hydrogen (secondary N) is 1. The Hall–Kier alpha value is -0.280. The maximum Gasteiger partial charge on any atom is 0.0468 e. The van der Waals surface area contributed by atoms with Gasteiger partial charge in [0.15, 0.2) is 0 Å². The van der Waals surface area contributed by atoms with Gasteiger partial charge in [-0.1, -0.05) is 43.1 Å².